The molecule has 0 bridgehead atoms. The van der Waals surface area contributed by atoms with Gasteiger partial charge < -0.3 is 5.32 Å². The molecule has 3 rings (SSSR count). The molecule has 4 nitrogen and oxygen atoms in total. The van der Waals surface area contributed by atoms with Crippen molar-refractivity contribution in [1.29, 1.82) is 5.26 Å². The SMILES string of the molecule is N#Cc1ccc(F)c(CNC2(C(=O)NCC3CC3)CCCC2)c1. The van der Waals surface area contributed by atoms with Crippen molar-refractivity contribution in [2.24, 2.45) is 5.92 Å². The molecule has 1 aromatic carbocycles. The quantitative estimate of drug-likeness (QED) is 0.848. The van der Waals surface area contributed by atoms with Crippen LogP contribution in [0.2, 0.25) is 0 Å². The first-order valence-corrected chi connectivity index (χ1v) is 8.35. The van der Waals surface area contributed by atoms with Crippen LogP contribution in [0, 0.1) is 23.1 Å². The lowest BCUT2D eigenvalue weighted by atomic mass is 9.95. The van der Waals surface area contributed by atoms with Gasteiger partial charge in [-0.1, -0.05) is 12.8 Å². The smallest absolute Gasteiger partial charge is 0.240 e. The zero-order valence-electron chi connectivity index (χ0n) is 13.2. The molecule has 2 N–H and O–H groups in total. The summed E-state index contributed by atoms with van der Waals surface area (Å²) in [5.74, 6) is 0.337. The van der Waals surface area contributed by atoms with Crippen LogP contribution in [0.1, 0.15) is 49.7 Å². The summed E-state index contributed by atoms with van der Waals surface area (Å²) in [7, 11) is 0. The molecule has 2 saturated carbocycles. The highest BCUT2D eigenvalue weighted by molar-refractivity contribution is 5.86. The topological polar surface area (TPSA) is 64.9 Å². The third kappa shape index (κ3) is 3.70. The molecule has 1 amide bonds. The molecule has 0 radical (unpaired) electrons. The zero-order chi connectivity index (χ0) is 16.3. The second kappa shape index (κ2) is 6.67. The fourth-order valence-corrected chi connectivity index (χ4v) is 3.24. The van der Waals surface area contributed by atoms with E-state index in [0.717, 1.165) is 32.2 Å². The van der Waals surface area contributed by atoms with Gasteiger partial charge in [-0.3, -0.25) is 10.1 Å². The molecule has 2 fully saturated rings. The first-order valence-electron chi connectivity index (χ1n) is 8.35. The van der Waals surface area contributed by atoms with Gasteiger partial charge in [0.1, 0.15) is 5.82 Å². The van der Waals surface area contributed by atoms with Gasteiger partial charge in [-0.2, -0.15) is 5.26 Å². The summed E-state index contributed by atoms with van der Waals surface area (Å²) < 4.78 is 13.9. The van der Waals surface area contributed by atoms with Crippen LogP contribution in [0.25, 0.3) is 0 Å². The lowest BCUT2D eigenvalue weighted by Crippen LogP contribution is -2.55. The van der Waals surface area contributed by atoms with E-state index < -0.39 is 5.54 Å². The Hall–Kier alpha value is -1.93. The predicted molar refractivity (Wildman–Crippen MR) is 84.9 cm³/mol. The molecule has 122 valence electrons. The molecule has 0 atom stereocenters. The normalized spacial score (nSPS) is 19.3. The average molecular weight is 315 g/mol. The highest BCUT2D eigenvalue weighted by atomic mass is 19.1. The Morgan fingerprint density at radius 1 is 1.35 bits per heavy atom. The number of hydrogen-bond acceptors (Lipinski definition) is 3. The van der Waals surface area contributed by atoms with Crippen molar-refractivity contribution in [1.82, 2.24) is 10.6 Å². The van der Waals surface area contributed by atoms with Crippen LogP contribution in [0.5, 0.6) is 0 Å². The average Bonchev–Trinajstić information content (AvgIpc) is 3.27. The fraction of sp³-hybridized carbons (Fsp3) is 0.556. The van der Waals surface area contributed by atoms with Crippen LogP contribution in [-0.4, -0.2) is 18.0 Å². The van der Waals surface area contributed by atoms with Crippen LogP contribution in [0.4, 0.5) is 4.39 Å². The Kier molecular flexibility index (Phi) is 4.63. The minimum Gasteiger partial charge on any atom is -0.354 e. The Labute approximate surface area is 136 Å². The van der Waals surface area contributed by atoms with Crippen molar-refractivity contribution >= 4 is 5.91 Å². The Morgan fingerprint density at radius 3 is 2.74 bits per heavy atom. The van der Waals surface area contributed by atoms with E-state index in [1.54, 1.807) is 6.07 Å². The lowest BCUT2D eigenvalue weighted by Gasteiger charge is -2.29. The summed E-state index contributed by atoms with van der Waals surface area (Å²) in [6, 6.07) is 6.34. The van der Waals surface area contributed by atoms with E-state index in [9.17, 15) is 9.18 Å². The van der Waals surface area contributed by atoms with Crippen molar-refractivity contribution in [2.75, 3.05) is 6.54 Å². The Balaban J connectivity index is 1.67. The molecule has 0 aliphatic heterocycles. The highest BCUT2D eigenvalue weighted by Crippen LogP contribution is 2.32. The van der Waals surface area contributed by atoms with E-state index >= 15 is 0 Å². The monoisotopic (exact) mass is 315 g/mol. The van der Waals surface area contributed by atoms with Crippen LogP contribution < -0.4 is 10.6 Å². The summed E-state index contributed by atoms with van der Waals surface area (Å²) in [6.07, 6.45) is 5.97. The van der Waals surface area contributed by atoms with E-state index in [4.69, 9.17) is 5.26 Å². The molecule has 0 spiro atoms. The largest absolute Gasteiger partial charge is 0.354 e. The van der Waals surface area contributed by atoms with Gasteiger partial charge in [-0.15, -0.1) is 0 Å². The van der Waals surface area contributed by atoms with Crippen LogP contribution in [0.15, 0.2) is 18.2 Å². The third-order valence-electron chi connectivity index (χ3n) is 4.93. The number of halogens is 1. The molecule has 5 heteroatoms. The number of rotatable bonds is 6. The van der Waals surface area contributed by atoms with Crippen molar-refractivity contribution in [3.8, 4) is 6.07 Å². The maximum absolute atomic E-state index is 13.9. The number of nitrogens with one attached hydrogen (secondary N) is 2. The summed E-state index contributed by atoms with van der Waals surface area (Å²) >= 11 is 0. The number of amides is 1. The first-order chi connectivity index (χ1) is 11.1. The number of carbonyl (C=O) groups excluding carboxylic acids is 1. The standard InChI is InChI=1S/C18H22FN3O/c19-16-6-5-14(10-20)9-15(16)12-22-18(7-1-2-8-18)17(23)21-11-13-3-4-13/h5-6,9,13,22H,1-4,7-8,11-12H2,(H,21,23). The molecular weight excluding hydrogens is 293 g/mol. The van der Waals surface area contributed by atoms with E-state index in [1.807, 2.05) is 6.07 Å². The Morgan fingerprint density at radius 2 is 2.09 bits per heavy atom. The van der Waals surface area contributed by atoms with Crippen LogP contribution >= 0.6 is 0 Å². The number of carbonyl (C=O) groups is 1. The number of benzene rings is 1. The van der Waals surface area contributed by atoms with Crippen molar-refractivity contribution in [3.05, 3.63) is 35.1 Å². The van der Waals surface area contributed by atoms with Gasteiger partial charge in [0, 0.05) is 18.7 Å². The molecule has 0 saturated heterocycles. The maximum Gasteiger partial charge on any atom is 0.240 e. The molecule has 0 unspecified atom stereocenters. The first kappa shape index (κ1) is 15.9. The summed E-state index contributed by atoms with van der Waals surface area (Å²) in [5, 5.41) is 15.3. The molecule has 2 aliphatic carbocycles. The summed E-state index contributed by atoms with van der Waals surface area (Å²) in [5.41, 5.74) is 0.274. The van der Waals surface area contributed by atoms with Gasteiger partial charge in [0.25, 0.3) is 0 Å². The van der Waals surface area contributed by atoms with Crippen molar-refractivity contribution in [2.45, 2.75) is 50.6 Å². The van der Waals surface area contributed by atoms with Gasteiger partial charge in [0.05, 0.1) is 17.2 Å². The molecular formula is C18H22FN3O. The Bertz CT molecular complexity index is 628. The fourth-order valence-electron chi connectivity index (χ4n) is 3.24. The number of nitrogens with zero attached hydrogens (tertiary/aromatic N) is 1. The summed E-state index contributed by atoms with van der Waals surface area (Å²) in [6.45, 7) is 1.01. The molecule has 0 aromatic heterocycles. The molecule has 2 aliphatic rings. The van der Waals surface area contributed by atoms with Crippen LogP contribution in [0.3, 0.4) is 0 Å². The van der Waals surface area contributed by atoms with E-state index in [-0.39, 0.29) is 18.3 Å². The maximum atomic E-state index is 13.9. The van der Waals surface area contributed by atoms with Crippen molar-refractivity contribution < 1.29 is 9.18 Å². The second-order valence-electron chi connectivity index (χ2n) is 6.71. The van der Waals surface area contributed by atoms with Gasteiger partial charge in [-0.05, 0) is 49.8 Å². The minimum atomic E-state index is -0.593. The molecule has 0 heterocycles. The summed E-state index contributed by atoms with van der Waals surface area (Å²) in [4.78, 5) is 12.6. The van der Waals surface area contributed by atoms with E-state index in [1.165, 1.54) is 25.0 Å². The van der Waals surface area contributed by atoms with Gasteiger partial charge in [-0.25, -0.2) is 4.39 Å². The lowest BCUT2D eigenvalue weighted by molar-refractivity contribution is -0.127. The van der Waals surface area contributed by atoms with E-state index in [0.29, 0.717) is 17.0 Å². The van der Waals surface area contributed by atoms with Crippen molar-refractivity contribution in [3.63, 3.8) is 0 Å². The number of hydrogen-bond donors (Lipinski definition) is 2. The second-order valence-corrected chi connectivity index (χ2v) is 6.71. The predicted octanol–water partition coefficient (Wildman–Crippen LogP) is 2.63. The van der Waals surface area contributed by atoms with Gasteiger partial charge >= 0.3 is 0 Å². The van der Waals surface area contributed by atoms with Gasteiger partial charge in [0.2, 0.25) is 5.91 Å². The molecule has 1 aromatic rings. The third-order valence-corrected chi connectivity index (χ3v) is 4.93. The van der Waals surface area contributed by atoms with E-state index in [2.05, 4.69) is 10.6 Å². The number of nitriles is 1. The highest BCUT2D eigenvalue weighted by Gasteiger charge is 2.41. The zero-order valence-corrected chi connectivity index (χ0v) is 13.2. The van der Waals surface area contributed by atoms with Gasteiger partial charge in [0.15, 0.2) is 0 Å². The minimum absolute atomic E-state index is 0.0405. The van der Waals surface area contributed by atoms with Crippen LogP contribution in [-0.2, 0) is 11.3 Å². The molecule has 23 heavy (non-hydrogen) atoms.